The number of para-hydroxylation sites is 2. The molecule has 6 heteroatoms. The minimum absolute atomic E-state index is 0.0129. The van der Waals surface area contributed by atoms with Gasteiger partial charge in [0.15, 0.2) is 11.5 Å². The molecule has 0 aromatic heterocycles. The third kappa shape index (κ3) is 5.62. The molecule has 27 heavy (non-hydrogen) atoms. The highest BCUT2D eigenvalue weighted by Gasteiger charge is 2.59. The normalized spacial score (nSPS) is 15.3. The van der Waals surface area contributed by atoms with E-state index in [1.54, 1.807) is 24.3 Å². The summed E-state index contributed by atoms with van der Waals surface area (Å²) < 4.78 is 21.9. The first-order chi connectivity index (χ1) is 12.4. The summed E-state index contributed by atoms with van der Waals surface area (Å²) in [6.45, 7) is 12.5. The highest BCUT2D eigenvalue weighted by Crippen LogP contribution is 2.40. The van der Waals surface area contributed by atoms with Crippen molar-refractivity contribution in [3.8, 4) is 11.5 Å². The monoisotopic (exact) mass is 378 g/mol. The first kappa shape index (κ1) is 21.1. The largest absolute Gasteiger partial charge is 0.459 e. The molecule has 0 amide bonds. The highest BCUT2D eigenvalue weighted by atomic mass is 16.8. The molecule has 0 N–H and O–H groups in total. The predicted octanol–water partition coefficient (Wildman–Crippen LogP) is 4.11. The van der Waals surface area contributed by atoms with E-state index in [2.05, 4.69) is 0 Å². The molecule has 6 nitrogen and oxygen atoms in total. The van der Waals surface area contributed by atoms with Gasteiger partial charge in [0, 0.05) is 0 Å². The Labute approximate surface area is 161 Å². The van der Waals surface area contributed by atoms with Crippen LogP contribution in [0.1, 0.15) is 54.4 Å². The van der Waals surface area contributed by atoms with Crippen LogP contribution < -0.4 is 9.47 Å². The van der Waals surface area contributed by atoms with E-state index in [9.17, 15) is 9.59 Å². The van der Waals surface area contributed by atoms with Crippen LogP contribution in [0.2, 0.25) is 0 Å². The molecule has 1 aliphatic rings. The third-order valence-electron chi connectivity index (χ3n) is 4.06. The Balaban J connectivity index is 2.13. The average molecular weight is 378 g/mol. The van der Waals surface area contributed by atoms with Gasteiger partial charge in [-0.3, -0.25) is 0 Å². The van der Waals surface area contributed by atoms with Gasteiger partial charge in [-0.15, -0.1) is 0 Å². The fourth-order valence-corrected chi connectivity index (χ4v) is 2.29. The van der Waals surface area contributed by atoms with E-state index in [0.717, 1.165) is 0 Å². The second-order valence-corrected chi connectivity index (χ2v) is 9.16. The number of hydrogen-bond acceptors (Lipinski definition) is 6. The standard InChI is InChI=1S/C21H30O6/c1-19(2,3)11-13-24-17(22)21(18(23)25-14-12-20(4,5)6)26-15-9-7-8-10-16(15)27-21/h7-10H,11-14H2,1-6H3. The van der Waals surface area contributed by atoms with Crippen LogP contribution >= 0.6 is 0 Å². The van der Waals surface area contributed by atoms with Gasteiger partial charge in [-0.25, -0.2) is 9.59 Å². The number of ether oxygens (including phenoxy) is 4. The third-order valence-corrected chi connectivity index (χ3v) is 4.06. The van der Waals surface area contributed by atoms with Crippen molar-refractivity contribution in [2.45, 2.75) is 60.2 Å². The van der Waals surface area contributed by atoms with Crippen LogP contribution in [0.15, 0.2) is 24.3 Å². The molecular formula is C21H30O6. The molecule has 0 unspecified atom stereocenters. The zero-order valence-corrected chi connectivity index (χ0v) is 17.1. The second kappa shape index (κ2) is 7.79. The summed E-state index contributed by atoms with van der Waals surface area (Å²) in [4.78, 5) is 25.5. The molecule has 0 atom stereocenters. The van der Waals surface area contributed by atoms with Gasteiger partial charge in [-0.2, -0.15) is 0 Å². The lowest BCUT2D eigenvalue weighted by atomic mass is 9.93. The maximum absolute atomic E-state index is 12.8. The van der Waals surface area contributed by atoms with Crippen LogP contribution in [-0.4, -0.2) is 30.9 Å². The Morgan fingerprint density at radius 2 is 1.19 bits per heavy atom. The number of benzene rings is 1. The van der Waals surface area contributed by atoms with Crippen molar-refractivity contribution >= 4 is 11.9 Å². The Bertz CT molecular complexity index is 622. The van der Waals surface area contributed by atoms with Crippen molar-refractivity contribution in [3.05, 3.63) is 24.3 Å². The van der Waals surface area contributed by atoms with Crippen molar-refractivity contribution in [1.82, 2.24) is 0 Å². The van der Waals surface area contributed by atoms with E-state index >= 15 is 0 Å². The van der Waals surface area contributed by atoms with Crippen LogP contribution in [0.4, 0.5) is 0 Å². The molecule has 0 aliphatic carbocycles. The van der Waals surface area contributed by atoms with Crippen molar-refractivity contribution < 1.29 is 28.5 Å². The van der Waals surface area contributed by atoms with Crippen molar-refractivity contribution in [2.75, 3.05) is 13.2 Å². The van der Waals surface area contributed by atoms with Crippen LogP contribution in [0, 0.1) is 10.8 Å². The van der Waals surface area contributed by atoms with Crippen LogP contribution in [0.5, 0.6) is 11.5 Å². The van der Waals surface area contributed by atoms with Crippen molar-refractivity contribution in [2.24, 2.45) is 10.8 Å². The fourth-order valence-electron chi connectivity index (χ4n) is 2.29. The molecule has 0 spiro atoms. The summed E-state index contributed by atoms with van der Waals surface area (Å²) in [6.07, 6.45) is 1.28. The number of hydrogen-bond donors (Lipinski definition) is 0. The fraction of sp³-hybridized carbons (Fsp3) is 0.619. The van der Waals surface area contributed by atoms with Crippen molar-refractivity contribution in [3.63, 3.8) is 0 Å². The molecule has 0 radical (unpaired) electrons. The van der Waals surface area contributed by atoms with Gasteiger partial charge >= 0.3 is 17.7 Å². The maximum Gasteiger partial charge on any atom is 0.453 e. The van der Waals surface area contributed by atoms with Gasteiger partial charge in [-0.1, -0.05) is 53.7 Å². The summed E-state index contributed by atoms with van der Waals surface area (Å²) >= 11 is 0. The minimum atomic E-state index is -2.25. The average Bonchev–Trinajstić information content (AvgIpc) is 2.93. The zero-order chi connectivity index (χ0) is 20.3. The molecule has 150 valence electrons. The molecule has 1 aromatic rings. The lowest BCUT2D eigenvalue weighted by Gasteiger charge is -2.25. The number of carbonyl (C=O) groups is 2. The zero-order valence-electron chi connectivity index (χ0n) is 17.1. The molecule has 1 heterocycles. The summed E-state index contributed by atoms with van der Waals surface area (Å²) in [5, 5.41) is 0. The first-order valence-electron chi connectivity index (χ1n) is 9.24. The van der Waals surface area contributed by atoms with E-state index in [1.807, 2.05) is 41.5 Å². The summed E-state index contributed by atoms with van der Waals surface area (Å²) in [5.41, 5.74) is -0.0258. The van der Waals surface area contributed by atoms with Gasteiger partial charge in [0.05, 0.1) is 13.2 Å². The Kier molecular flexibility index (Phi) is 6.07. The highest BCUT2D eigenvalue weighted by molar-refractivity contribution is 6.03. The van der Waals surface area contributed by atoms with Crippen LogP contribution in [0.3, 0.4) is 0 Å². The number of esters is 2. The maximum atomic E-state index is 12.8. The Hall–Kier alpha value is -2.24. The summed E-state index contributed by atoms with van der Waals surface area (Å²) in [5.74, 6) is -3.44. The molecule has 0 saturated carbocycles. The van der Waals surface area contributed by atoms with E-state index in [-0.39, 0.29) is 24.0 Å². The second-order valence-electron chi connectivity index (χ2n) is 9.16. The molecule has 0 fully saturated rings. The molecular weight excluding hydrogens is 348 g/mol. The molecule has 0 saturated heterocycles. The summed E-state index contributed by atoms with van der Waals surface area (Å²) in [7, 11) is 0. The van der Waals surface area contributed by atoms with E-state index in [4.69, 9.17) is 18.9 Å². The number of fused-ring (bicyclic) bond motifs is 1. The minimum Gasteiger partial charge on any atom is -0.459 e. The Morgan fingerprint density at radius 3 is 1.52 bits per heavy atom. The quantitative estimate of drug-likeness (QED) is 0.548. The lowest BCUT2D eigenvalue weighted by Crippen LogP contribution is -2.56. The van der Waals surface area contributed by atoms with Gasteiger partial charge in [-0.05, 0) is 35.8 Å². The van der Waals surface area contributed by atoms with Crippen LogP contribution in [0.25, 0.3) is 0 Å². The van der Waals surface area contributed by atoms with Gasteiger partial charge in [0.25, 0.3) is 0 Å². The van der Waals surface area contributed by atoms with E-state index < -0.39 is 17.7 Å². The number of rotatable bonds is 6. The van der Waals surface area contributed by atoms with Crippen molar-refractivity contribution in [1.29, 1.82) is 0 Å². The topological polar surface area (TPSA) is 71.1 Å². The van der Waals surface area contributed by atoms with E-state index in [0.29, 0.717) is 24.3 Å². The van der Waals surface area contributed by atoms with Gasteiger partial charge < -0.3 is 18.9 Å². The lowest BCUT2D eigenvalue weighted by molar-refractivity contribution is -0.203. The van der Waals surface area contributed by atoms with E-state index in [1.165, 1.54) is 0 Å². The smallest absolute Gasteiger partial charge is 0.453 e. The predicted molar refractivity (Wildman–Crippen MR) is 100 cm³/mol. The summed E-state index contributed by atoms with van der Waals surface area (Å²) in [6, 6.07) is 6.71. The molecule has 1 aliphatic heterocycles. The Morgan fingerprint density at radius 1 is 0.815 bits per heavy atom. The molecule has 1 aromatic carbocycles. The molecule has 2 rings (SSSR count). The molecule has 0 bridgehead atoms. The van der Waals surface area contributed by atoms with Gasteiger partial charge in [0.2, 0.25) is 0 Å². The van der Waals surface area contributed by atoms with Gasteiger partial charge in [0.1, 0.15) is 0 Å². The SMILES string of the molecule is CC(C)(C)CCOC(=O)C1(C(=O)OCCC(C)(C)C)Oc2ccccc2O1. The first-order valence-corrected chi connectivity index (χ1v) is 9.24. The number of carbonyl (C=O) groups excluding carboxylic acids is 2. The van der Waals surface area contributed by atoms with Crippen LogP contribution in [-0.2, 0) is 19.1 Å².